The van der Waals surface area contributed by atoms with Gasteiger partial charge in [-0.1, -0.05) is 0 Å². The van der Waals surface area contributed by atoms with Gasteiger partial charge < -0.3 is 4.98 Å². The molecule has 0 amide bonds. The molecule has 0 aliphatic rings. The fourth-order valence-corrected chi connectivity index (χ4v) is 2.78. The first-order valence-corrected chi connectivity index (χ1v) is 9.95. The lowest BCUT2D eigenvalue weighted by Crippen LogP contribution is -1.91. The quantitative estimate of drug-likeness (QED) is 0.497. The number of hydrogen-bond acceptors (Lipinski definition) is 6. The number of aromatic nitrogens is 2. The minimum Gasteiger partial charge on any atom is -0.349 e. The second-order valence-electron chi connectivity index (χ2n) is 3.45. The molecule has 6 nitrogen and oxygen atoms in total. The van der Waals surface area contributed by atoms with Crippen molar-refractivity contribution < 1.29 is 16.8 Å². The van der Waals surface area contributed by atoms with Crippen LogP contribution >= 0.6 is 22.4 Å². The zero-order valence-corrected chi connectivity index (χ0v) is 13.9. The van der Waals surface area contributed by atoms with Crippen LogP contribution in [0.15, 0.2) is 52.6 Å². The predicted molar refractivity (Wildman–Crippen MR) is 82.0 cm³/mol. The normalized spacial score (nSPS) is 10.4. The molecule has 2 heterocycles. The smallest absolute Gasteiger partial charge is 0.261 e. The molecule has 0 saturated heterocycles. The van der Waals surface area contributed by atoms with Crippen molar-refractivity contribution in [1.82, 2.24) is 9.97 Å². The van der Waals surface area contributed by atoms with Gasteiger partial charge in [-0.2, -0.15) is 8.42 Å². The van der Waals surface area contributed by atoms with Crippen molar-refractivity contribution in [2.24, 2.45) is 0 Å². The van der Waals surface area contributed by atoms with E-state index in [1.807, 2.05) is 12.1 Å². The van der Waals surface area contributed by atoms with Crippen LogP contribution in [0.2, 0.25) is 0 Å². The molecule has 114 valence electrons. The molecule has 0 aliphatic heterocycles. The Labute approximate surface area is 132 Å². The third-order valence-corrected chi connectivity index (χ3v) is 4.78. The van der Waals surface area contributed by atoms with Crippen LogP contribution in [0, 0.1) is 4.64 Å². The average Bonchev–Trinajstić information content (AvgIpc) is 2.48. The van der Waals surface area contributed by atoms with Crippen molar-refractivity contribution in [3.8, 4) is 0 Å². The highest BCUT2D eigenvalue weighted by Gasteiger charge is 2.08. The first kappa shape index (κ1) is 17.8. The van der Waals surface area contributed by atoms with Crippen LogP contribution in [0.4, 0.5) is 0 Å². The van der Waals surface area contributed by atoms with E-state index in [1.165, 1.54) is 17.2 Å². The number of thioether (sulfide) groups is 1. The number of aromatic amines is 1. The highest BCUT2D eigenvalue weighted by atomic mass is 35.7. The Balaban J connectivity index is 0.000000235. The molecule has 0 atom stereocenters. The number of nitrogens with one attached hydrogen (secondary N) is 1. The summed E-state index contributed by atoms with van der Waals surface area (Å²) in [5.41, 5.74) is 0. The lowest BCUT2D eigenvalue weighted by Gasteiger charge is -1.92. The van der Waals surface area contributed by atoms with Crippen LogP contribution in [0.25, 0.3) is 0 Å². The topological polar surface area (TPSA) is 97.0 Å². The highest BCUT2D eigenvalue weighted by Crippen LogP contribution is 2.12. The maximum Gasteiger partial charge on any atom is 0.261 e. The summed E-state index contributed by atoms with van der Waals surface area (Å²) in [6.45, 7) is 0. The standard InChI is InChI=1S/C6H7NS.C5H4ClNO4S2/c1-8-6-2-4-7-5-3-6;6-13(10,11)4-1-2-7-5(3-4)12(8)9/h2-5H,1H3;1-3,7H. The zero-order chi connectivity index (χ0) is 15.9. The van der Waals surface area contributed by atoms with Crippen LogP contribution < -0.4 is 0 Å². The summed E-state index contributed by atoms with van der Waals surface area (Å²) in [6.07, 6.45) is 6.83. The van der Waals surface area contributed by atoms with Gasteiger partial charge in [0.15, 0.2) is 4.64 Å². The van der Waals surface area contributed by atoms with Gasteiger partial charge in [0.2, 0.25) is 10.3 Å². The second-order valence-corrected chi connectivity index (χ2v) is 7.80. The number of H-pyrrole nitrogens is 1. The zero-order valence-electron chi connectivity index (χ0n) is 10.7. The molecule has 0 unspecified atom stereocenters. The van der Waals surface area contributed by atoms with E-state index in [1.54, 1.807) is 24.2 Å². The van der Waals surface area contributed by atoms with Crippen molar-refractivity contribution in [3.05, 3.63) is 47.5 Å². The number of halogens is 1. The molecular formula is C11H11ClN2O4S3. The van der Waals surface area contributed by atoms with Crippen LogP contribution in [-0.2, 0) is 19.3 Å². The molecule has 0 saturated carbocycles. The summed E-state index contributed by atoms with van der Waals surface area (Å²) in [7, 11) is -1.39. The summed E-state index contributed by atoms with van der Waals surface area (Å²) >= 11 is 1.73. The van der Waals surface area contributed by atoms with Gasteiger partial charge in [-0.05, 0) is 30.5 Å². The monoisotopic (exact) mass is 366 g/mol. The maximum absolute atomic E-state index is 10.8. The van der Waals surface area contributed by atoms with Gasteiger partial charge in [0.25, 0.3) is 9.05 Å². The van der Waals surface area contributed by atoms with E-state index in [9.17, 15) is 16.8 Å². The first-order valence-electron chi connectivity index (χ1n) is 5.34. The van der Waals surface area contributed by atoms with Gasteiger partial charge >= 0.3 is 0 Å². The Morgan fingerprint density at radius 3 is 2.29 bits per heavy atom. The van der Waals surface area contributed by atoms with Crippen LogP contribution in [-0.4, -0.2) is 33.1 Å². The summed E-state index contributed by atoms with van der Waals surface area (Å²) in [4.78, 5) is 7.23. The Kier molecular flexibility index (Phi) is 6.96. The fraction of sp³-hybridized carbons (Fsp3) is 0.0909. The summed E-state index contributed by atoms with van der Waals surface area (Å²) in [5, 5.41) is 0. The van der Waals surface area contributed by atoms with Crippen LogP contribution in [0.1, 0.15) is 0 Å². The van der Waals surface area contributed by atoms with E-state index in [0.717, 1.165) is 6.07 Å². The minimum absolute atomic E-state index is 0.235. The Morgan fingerprint density at radius 2 is 1.86 bits per heavy atom. The average molecular weight is 367 g/mol. The molecule has 0 bridgehead atoms. The molecular weight excluding hydrogens is 356 g/mol. The van der Waals surface area contributed by atoms with Crippen molar-refractivity contribution in [3.63, 3.8) is 0 Å². The SMILES string of the molecule is CSc1ccncc1.O=S(=O)=c1cc(S(=O)(=O)Cl)cc[nH]1. The molecule has 2 rings (SSSR count). The summed E-state index contributed by atoms with van der Waals surface area (Å²) < 4.78 is 42.1. The molecule has 0 aromatic carbocycles. The Morgan fingerprint density at radius 1 is 1.24 bits per heavy atom. The van der Waals surface area contributed by atoms with Gasteiger partial charge in [-0.15, -0.1) is 11.8 Å². The van der Waals surface area contributed by atoms with E-state index in [-0.39, 0.29) is 9.54 Å². The molecule has 0 radical (unpaired) electrons. The Hall–Kier alpha value is -1.29. The third-order valence-electron chi connectivity index (χ3n) is 2.09. The molecule has 0 aliphatic carbocycles. The number of nitrogens with zero attached hydrogens (tertiary/aromatic N) is 1. The highest BCUT2D eigenvalue weighted by molar-refractivity contribution is 8.13. The van der Waals surface area contributed by atoms with Crippen molar-refractivity contribution in [1.29, 1.82) is 0 Å². The van der Waals surface area contributed by atoms with E-state index in [0.29, 0.717) is 0 Å². The van der Waals surface area contributed by atoms with E-state index in [2.05, 4.69) is 16.2 Å². The second kappa shape index (κ2) is 8.23. The fourth-order valence-electron chi connectivity index (χ4n) is 1.15. The molecule has 10 heteroatoms. The van der Waals surface area contributed by atoms with Crippen LogP contribution in [0.5, 0.6) is 0 Å². The predicted octanol–water partition coefficient (Wildman–Crippen LogP) is 2.16. The van der Waals surface area contributed by atoms with Gasteiger partial charge in [-0.3, -0.25) is 4.98 Å². The van der Waals surface area contributed by atoms with Crippen molar-refractivity contribution in [2.75, 3.05) is 6.26 Å². The molecule has 0 fully saturated rings. The van der Waals surface area contributed by atoms with Gasteiger partial charge in [0, 0.05) is 34.2 Å². The minimum atomic E-state index is -3.88. The largest absolute Gasteiger partial charge is 0.349 e. The molecule has 21 heavy (non-hydrogen) atoms. The van der Waals surface area contributed by atoms with E-state index in [4.69, 9.17) is 10.7 Å². The Bertz CT molecular complexity index is 854. The first-order chi connectivity index (χ1) is 9.84. The summed E-state index contributed by atoms with van der Waals surface area (Å²) in [5.74, 6) is 0. The van der Waals surface area contributed by atoms with Gasteiger partial charge in [0.1, 0.15) is 0 Å². The van der Waals surface area contributed by atoms with Crippen molar-refractivity contribution in [2.45, 2.75) is 9.79 Å². The van der Waals surface area contributed by atoms with E-state index >= 15 is 0 Å². The lowest BCUT2D eigenvalue weighted by atomic mass is 10.5. The maximum atomic E-state index is 10.8. The number of pyridine rings is 2. The van der Waals surface area contributed by atoms with Gasteiger partial charge in [0.05, 0.1) is 4.90 Å². The van der Waals surface area contributed by atoms with Crippen molar-refractivity contribution >= 4 is 41.8 Å². The number of rotatable bonds is 2. The number of hydrogen-bond donors (Lipinski definition) is 1. The third kappa shape index (κ3) is 6.34. The molecule has 0 spiro atoms. The molecule has 2 aromatic heterocycles. The van der Waals surface area contributed by atoms with Crippen LogP contribution in [0.3, 0.4) is 0 Å². The van der Waals surface area contributed by atoms with Gasteiger partial charge in [-0.25, -0.2) is 8.42 Å². The molecule has 2 aromatic rings. The summed E-state index contributed by atoms with van der Waals surface area (Å²) in [6, 6.07) is 6.08. The van der Waals surface area contributed by atoms with E-state index < -0.39 is 19.3 Å². The molecule has 1 N–H and O–H groups in total. The lowest BCUT2D eigenvalue weighted by molar-refractivity contribution is 0.609.